The molecule has 17 heavy (non-hydrogen) atoms. The highest BCUT2D eigenvalue weighted by molar-refractivity contribution is 5.96. The molecule has 0 aromatic carbocycles. The number of amides is 1. The molecule has 5 heteroatoms. The number of rotatable bonds is 5. The van der Waals surface area contributed by atoms with E-state index in [9.17, 15) is 4.79 Å². The smallest absolute Gasteiger partial charge is 0.272 e. The summed E-state index contributed by atoms with van der Waals surface area (Å²) >= 11 is 0. The molecule has 1 rings (SSSR count). The van der Waals surface area contributed by atoms with Gasteiger partial charge in [0.05, 0.1) is 11.3 Å². The number of hydrogen-bond donors (Lipinski definition) is 2. The molecular formula is C12H19N3O2. The predicted molar refractivity (Wildman–Crippen MR) is 66.7 cm³/mol. The van der Waals surface area contributed by atoms with Crippen LogP contribution >= 0.6 is 0 Å². The van der Waals surface area contributed by atoms with Crippen molar-refractivity contribution in [2.45, 2.75) is 26.4 Å². The first-order chi connectivity index (χ1) is 7.96. The van der Waals surface area contributed by atoms with E-state index >= 15 is 0 Å². The van der Waals surface area contributed by atoms with Gasteiger partial charge in [-0.25, -0.2) is 4.98 Å². The number of nitrogens with zero attached hydrogens (tertiary/aromatic N) is 1. The van der Waals surface area contributed by atoms with Gasteiger partial charge >= 0.3 is 0 Å². The summed E-state index contributed by atoms with van der Waals surface area (Å²) < 4.78 is 5.48. The summed E-state index contributed by atoms with van der Waals surface area (Å²) in [6.45, 7) is 6.77. The third kappa shape index (κ3) is 4.03. The van der Waals surface area contributed by atoms with Crippen LogP contribution in [-0.4, -0.2) is 29.6 Å². The number of nitrogens with two attached hydrogens (primary N) is 1. The standard InChI is InChI=1S/C12H19N3O2/c1-4-17-12(2,3)8-15-11(16)10-9(13)6-5-7-14-10/h5-7H,4,8,13H2,1-3H3,(H,15,16). The maximum atomic E-state index is 11.8. The fraction of sp³-hybridized carbons (Fsp3) is 0.500. The van der Waals surface area contributed by atoms with Gasteiger partial charge in [-0.3, -0.25) is 4.79 Å². The summed E-state index contributed by atoms with van der Waals surface area (Å²) in [5.74, 6) is -0.282. The number of carbonyl (C=O) groups is 1. The number of ether oxygens (including phenoxy) is 1. The Morgan fingerprint density at radius 1 is 1.59 bits per heavy atom. The number of pyridine rings is 1. The lowest BCUT2D eigenvalue weighted by Crippen LogP contribution is -2.40. The molecule has 1 amide bonds. The van der Waals surface area contributed by atoms with E-state index in [-0.39, 0.29) is 11.6 Å². The van der Waals surface area contributed by atoms with Crippen LogP contribution < -0.4 is 11.1 Å². The molecule has 0 radical (unpaired) electrons. The lowest BCUT2D eigenvalue weighted by atomic mass is 10.1. The van der Waals surface area contributed by atoms with Crippen LogP contribution in [0.3, 0.4) is 0 Å². The van der Waals surface area contributed by atoms with Gasteiger partial charge in [-0.05, 0) is 32.9 Å². The molecule has 0 saturated heterocycles. The van der Waals surface area contributed by atoms with Crippen LogP contribution in [0.1, 0.15) is 31.3 Å². The van der Waals surface area contributed by atoms with Crippen LogP contribution in [0.5, 0.6) is 0 Å². The zero-order chi connectivity index (χ0) is 12.9. The van der Waals surface area contributed by atoms with E-state index in [1.165, 1.54) is 0 Å². The lowest BCUT2D eigenvalue weighted by molar-refractivity contribution is -0.00818. The number of anilines is 1. The van der Waals surface area contributed by atoms with E-state index in [0.717, 1.165) is 0 Å². The molecular weight excluding hydrogens is 218 g/mol. The summed E-state index contributed by atoms with van der Waals surface area (Å²) in [5, 5.41) is 2.76. The van der Waals surface area contributed by atoms with Gasteiger partial charge in [0.1, 0.15) is 0 Å². The minimum atomic E-state index is -0.395. The van der Waals surface area contributed by atoms with E-state index in [1.807, 2.05) is 20.8 Å². The molecule has 0 aliphatic rings. The largest absolute Gasteiger partial charge is 0.397 e. The molecule has 1 aromatic heterocycles. The normalized spacial score (nSPS) is 11.2. The molecule has 0 aliphatic heterocycles. The summed E-state index contributed by atoms with van der Waals surface area (Å²) in [6, 6.07) is 3.34. The Kier molecular flexibility index (Phi) is 4.45. The highest BCUT2D eigenvalue weighted by atomic mass is 16.5. The minimum Gasteiger partial charge on any atom is -0.397 e. The van der Waals surface area contributed by atoms with E-state index in [1.54, 1.807) is 18.3 Å². The zero-order valence-electron chi connectivity index (χ0n) is 10.5. The Balaban J connectivity index is 2.59. The molecule has 0 fully saturated rings. The van der Waals surface area contributed by atoms with E-state index in [2.05, 4.69) is 10.3 Å². The van der Waals surface area contributed by atoms with Gasteiger partial charge in [0.15, 0.2) is 5.69 Å². The Bertz CT molecular complexity index is 391. The van der Waals surface area contributed by atoms with Crippen LogP contribution in [0, 0.1) is 0 Å². The second kappa shape index (κ2) is 5.63. The van der Waals surface area contributed by atoms with Crippen molar-refractivity contribution in [1.82, 2.24) is 10.3 Å². The monoisotopic (exact) mass is 237 g/mol. The molecule has 1 aromatic rings. The van der Waals surface area contributed by atoms with Gasteiger partial charge in [0.2, 0.25) is 0 Å². The fourth-order valence-corrected chi connectivity index (χ4v) is 1.43. The average Bonchev–Trinajstić information content (AvgIpc) is 2.27. The molecule has 5 nitrogen and oxygen atoms in total. The predicted octanol–water partition coefficient (Wildman–Crippen LogP) is 1.21. The van der Waals surface area contributed by atoms with E-state index < -0.39 is 5.60 Å². The Morgan fingerprint density at radius 3 is 2.88 bits per heavy atom. The van der Waals surface area contributed by atoms with Crippen molar-refractivity contribution in [1.29, 1.82) is 0 Å². The average molecular weight is 237 g/mol. The van der Waals surface area contributed by atoms with Crippen LogP contribution in [0.2, 0.25) is 0 Å². The maximum Gasteiger partial charge on any atom is 0.272 e. The minimum absolute atomic E-state index is 0.250. The van der Waals surface area contributed by atoms with Crippen LogP contribution in [0.25, 0.3) is 0 Å². The molecule has 1 heterocycles. The summed E-state index contributed by atoms with van der Waals surface area (Å²) in [5.41, 5.74) is 5.89. The first-order valence-corrected chi connectivity index (χ1v) is 5.59. The Hall–Kier alpha value is -1.62. The maximum absolute atomic E-state index is 11.8. The summed E-state index contributed by atoms with van der Waals surface area (Å²) in [7, 11) is 0. The molecule has 0 unspecified atom stereocenters. The topological polar surface area (TPSA) is 77.2 Å². The van der Waals surface area contributed by atoms with Crippen molar-refractivity contribution in [3.63, 3.8) is 0 Å². The molecule has 0 atom stereocenters. The quantitative estimate of drug-likeness (QED) is 0.807. The van der Waals surface area contributed by atoms with Crippen molar-refractivity contribution >= 4 is 11.6 Å². The number of nitrogen functional groups attached to an aromatic ring is 1. The second-order valence-corrected chi connectivity index (χ2v) is 4.32. The molecule has 0 saturated carbocycles. The van der Waals surface area contributed by atoms with E-state index in [4.69, 9.17) is 10.5 Å². The van der Waals surface area contributed by atoms with Gasteiger partial charge in [0.25, 0.3) is 5.91 Å². The first kappa shape index (κ1) is 13.4. The lowest BCUT2D eigenvalue weighted by Gasteiger charge is -2.24. The molecule has 0 aliphatic carbocycles. The van der Waals surface area contributed by atoms with Gasteiger partial charge in [-0.15, -0.1) is 0 Å². The zero-order valence-corrected chi connectivity index (χ0v) is 10.5. The van der Waals surface area contributed by atoms with Gasteiger partial charge in [-0.1, -0.05) is 0 Å². The van der Waals surface area contributed by atoms with Gasteiger partial charge < -0.3 is 15.8 Å². The summed E-state index contributed by atoms with van der Waals surface area (Å²) in [6.07, 6.45) is 1.54. The Labute approximate surface area is 101 Å². The molecule has 94 valence electrons. The highest BCUT2D eigenvalue weighted by Gasteiger charge is 2.20. The van der Waals surface area contributed by atoms with Crippen molar-refractivity contribution in [3.05, 3.63) is 24.0 Å². The fourth-order valence-electron chi connectivity index (χ4n) is 1.43. The van der Waals surface area contributed by atoms with Crippen LogP contribution in [0.4, 0.5) is 5.69 Å². The van der Waals surface area contributed by atoms with E-state index in [0.29, 0.717) is 18.8 Å². The number of nitrogens with one attached hydrogen (secondary N) is 1. The SMILES string of the molecule is CCOC(C)(C)CNC(=O)c1ncccc1N. The van der Waals surface area contributed by atoms with Crippen molar-refractivity contribution in [2.24, 2.45) is 0 Å². The third-order valence-corrected chi connectivity index (χ3v) is 2.26. The molecule has 0 spiro atoms. The van der Waals surface area contributed by atoms with Crippen molar-refractivity contribution < 1.29 is 9.53 Å². The van der Waals surface area contributed by atoms with Crippen LogP contribution in [0.15, 0.2) is 18.3 Å². The Morgan fingerprint density at radius 2 is 2.29 bits per heavy atom. The van der Waals surface area contributed by atoms with Crippen molar-refractivity contribution in [2.75, 3.05) is 18.9 Å². The first-order valence-electron chi connectivity index (χ1n) is 5.59. The number of aromatic nitrogens is 1. The van der Waals surface area contributed by atoms with Gasteiger partial charge in [-0.2, -0.15) is 0 Å². The van der Waals surface area contributed by atoms with Gasteiger partial charge in [0, 0.05) is 19.3 Å². The highest BCUT2D eigenvalue weighted by Crippen LogP contribution is 2.09. The number of hydrogen-bond acceptors (Lipinski definition) is 4. The summed E-state index contributed by atoms with van der Waals surface area (Å²) in [4.78, 5) is 15.8. The second-order valence-electron chi connectivity index (χ2n) is 4.32. The molecule has 3 N–H and O–H groups in total. The van der Waals surface area contributed by atoms with Crippen molar-refractivity contribution in [3.8, 4) is 0 Å². The molecule has 0 bridgehead atoms. The number of carbonyl (C=O) groups excluding carboxylic acids is 1. The van der Waals surface area contributed by atoms with Crippen LogP contribution in [-0.2, 0) is 4.74 Å². The third-order valence-electron chi connectivity index (χ3n) is 2.26.